The molecule has 0 aliphatic heterocycles. The quantitative estimate of drug-likeness (QED) is 0.396. The molecule has 7 heteroatoms. The van der Waals surface area contributed by atoms with E-state index in [1.807, 2.05) is 18.2 Å². The highest BCUT2D eigenvalue weighted by Crippen LogP contribution is 2.17. The standard InChI is InChI=1S/C15H13N3O4/c1-11(19)15(17-16-12-5-3-2-4-6-12)22-14-9-7-13(8-10-14)18(20)21/h2-10,16H,1H3/b17-15-. The van der Waals surface area contributed by atoms with Gasteiger partial charge in [-0.15, -0.1) is 5.10 Å². The smallest absolute Gasteiger partial charge is 0.280 e. The maximum Gasteiger partial charge on any atom is 0.280 e. The Hall–Kier alpha value is -3.22. The summed E-state index contributed by atoms with van der Waals surface area (Å²) in [5, 5.41) is 14.5. The number of nitro benzene ring substituents is 1. The molecule has 112 valence electrons. The number of benzene rings is 2. The number of hydrogen-bond donors (Lipinski definition) is 1. The average Bonchev–Trinajstić information content (AvgIpc) is 2.52. The molecule has 22 heavy (non-hydrogen) atoms. The minimum atomic E-state index is -0.513. The summed E-state index contributed by atoms with van der Waals surface area (Å²) in [5.74, 6) is -0.228. The predicted octanol–water partition coefficient (Wildman–Crippen LogP) is 2.99. The Morgan fingerprint density at radius 3 is 2.32 bits per heavy atom. The number of hydrogen-bond acceptors (Lipinski definition) is 6. The Kier molecular flexibility index (Phi) is 4.81. The SMILES string of the molecule is CC(=O)/C(=N/Nc1ccccc1)Oc1ccc([N+](=O)[O-])cc1. The summed E-state index contributed by atoms with van der Waals surface area (Å²) in [6.45, 7) is 1.32. The van der Waals surface area contributed by atoms with Gasteiger partial charge in [0.15, 0.2) is 0 Å². The van der Waals surface area contributed by atoms with Gasteiger partial charge in [-0.25, -0.2) is 0 Å². The molecule has 0 radical (unpaired) electrons. The zero-order valence-electron chi connectivity index (χ0n) is 11.7. The van der Waals surface area contributed by atoms with Crippen LogP contribution in [0.15, 0.2) is 59.7 Å². The molecule has 0 aromatic heterocycles. The maximum atomic E-state index is 11.5. The highest BCUT2D eigenvalue weighted by atomic mass is 16.6. The highest BCUT2D eigenvalue weighted by Gasteiger charge is 2.11. The van der Waals surface area contributed by atoms with Crippen molar-refractivity contribution in [3.8, 4) is 5.75 Å². The van der Waals surface area contributed by atoms with Crippen molar-refractivity contribution >= 4 is 23.1 Å². The van der Waals surface area contributed by atoms with Crippen LogP contribution in [0.4, 0.5) is 11.4 Å². The maximum absolute atomic E-state index is 11.5. The molecule has 0 saturated carbocycles. The molecule has 7 nitrogen and oxygen atoms in total. The first kappa shape index (κ1) is 15.2. The molecule has 2 aromatic carbocycles. The Balaban J connectivity index is 2.11. The van der Waals surface area contributed by atoms with Gasteiger partial charge < -0.3 is 4.74 Å². The van der Waals surface area contributed by atoms with Crippen LogP contribution in [0.1, 0.15) is 6.92 Å². The number of anilines is 1. The minimum Gasteiger partial charge on any atom is -0.435 e. The fourth-order valence-corrected chi connectivity index (χ4v) is 1.55. The van der Waals surface area contributed by atoms with E-state index >= 15 is 0 Å². The van der Waals surface area contributed by atoms with Crippen LogP contribution in [0.5, 0.6) is 5.75 Å². The van der Waals surface area contributed by atoms with Gasteiger partial charge >= 0.3 is 0 Å². The Bertz CT molecular complexity index is 696. The number of nitrogens with zero attached hydrogens (tertiary/aromatic N) is 2. The number of carbonyl (C=O) groups is 1. The van der Waals surface area contributed by atoms with E-state index in [0.717, 1.165) is 0 Å². The van der Waals surface area contributed by atoms with Gasteiger partial charge in [-0.05, 0) is 24.3 Å². The molecule has 2 rings (SSSR count). The van der Waals surface area contributed by atoms with Crippen LogP contribution in [-0.2, 0) is 4.79 Å². The Morgan fingerprint density at radius 1 is 1.14 bits per heavy atom. The number of ether oxygens (including phenoxy) is 1. The average molecular weight is 299 g/mol. The summed E-state index contributed by atoms with van der Waals surface area (Å²) >= 11 is 0. The summed E-state index contributed by atoms with van der Waals surface area (Å²) in [6, 6.07) is 14.5. The molecule has 0 unspecified atom stereocenters. The molecule has 0 amide bonds. The normalized spacial score (nSPS) is 10.9. The summed E-state index contributed by atoms with van der Waals surface area (Å²) < 4.78 is 5.35. The van der Waals surface area contributed by atoms with E-state index in [1.165, 1.54) is 31.2 Å². The van der Waals surface area contributed by atoms with Crippen LogP contribution in [0.25, 0.3) is 0 Å². The molecule has 0 spiro atoms. The number of ketones is 1. The molecule has 2 aromatic rings. The van der Waals surface area contributed by atoms with E-state index in [0.29, 0.717) is 5.69 Å². The lowest BCUT2D eigenvalue weighted by molar-refractivity contribution is -0.384. The van der Waals surface area contributed by atoms with Crippen molar-refractivity contribution in [2.24, 2.45) is 5.10 Å². The first-order valence-electron chi connectivity index (χ1n) is 6.38. The third-order valence-electron chi connectivity index (χ3n) is 2.62. The van der Waals surface area contributed by atoms with Crippen molar-refractivity contribution in [2.75, 3.05) is 5.43 Å². The lowest BCUT2D eigenvalue weighted by atomic mass is 10.3. The zero-order valence-corrected chi connectivity index (χ0v) is 11.7. The van der Waals surface area contributed by atoms with E-state index in [4.69, 9.17) is 4.74 Å². The van der Waals surface area contributed by atoms with Crippen LogP contribution < -0.4 is 10.2 Å². The largest absolute Gasteiger partial charge is 0.435 e. The van der Waals surface area contributed by atoms with E-state index < -0.39 is 4.92 Å². The first-order chi connectivity index (χ1) is 10.6. The molecule has 0 atom stereocenters. The van der Waals surface area contributed by atoms with Crippen LogP contribution >= 0.6 is 0 Å². The van der Waals surface area contributed by atoms with E-state index in [-0.39, 0.29) is 23.1 Å². The van der Waals surface area contributed by atoms with Gasteiger partial charge in [0, 0.05) is 19.1 Å². The summed E-state index contributed by atoms with van der Waals surface area (Å²) in [4.78, 5) is 21.6. The molecular formula is C15H13N3O4. The highest BCUT2D eigenvalue weighted by molar-refractivity contribution is 6.36. The number of Topliss-reactive ketones (excluding diaryl/α,β-unsaturated/α-hetero) is 1. The second kappa shape index (κ2) is 6.98. The predicted molar refractivity (Wildman–Crippen MR) is 81.9 cm³/mol. The second-order valence-electron chi connectivity index (χ2n) is 4.30. The molecule has 1 N–H and O–H groups in total. The van der Waals surface area contributed by atoms with Crippen LogP contribution in [0.2, 0.25) is 0 Å². The summed E-state index contributed by atoms with van der Waals surface area (Å²) in [7, 11) is 0. The fourth-order valence-electron chi connectivity index (χ4n) is 1.55. The van der Waals surface area contributed by atoms with E-state index in [9.17, 15) is 14.9 Å². The van der Waals surface area contributed by atoms with Gasteiger partial charge in [0.25, 0.3) is 11.6 Å². The third-order valence-corrected chi connectivity index (χ3v) is 2.62. The van der Waals surface area contributed by atoms with Crippen molar-refractivity contribution in [1.29, 1.82) is 0 Å². The van der Waals surface area contributed by atoms with Crippen molar-refractivity contribution in [2.45, 2.75) is 6.92 Å². The zero-order chi connectivity index (χ0) is 15.9. The molecule has 0 fully saturated rings. The van der Waals surface area contributed by atoms with E-state index in [1.54, 1.807) is 12.1 Å². The van der Waals surface area contributed by atoms with E-state index in [2.05, 4.69) is 10.5 Å². The van der Waals surface area contributed by atoms with Gasteiger partial charge in [0.05, 0.1) is 10.6 Å². The number of hydrazone groups is 1. The number of nitrogens with one attached hydrogen (secondary N) is 1. The third kappa shape index (κ3) is 4.14. The lowest BCUT2D eigenvalue weighted by Crippen LogP contribution is -2.19. The first-order valence-corrected chi connectivity index (χ1v) is 6.38. The number of para-hydroxylation sites is 1. The lowest BCUT2D eigenvalue weighted by Gasteiger charge is -2.07. The molecule has 0 aliphatic rings. The van der Waals surface area contributed by atoms with Crippen LogP contribution in [-0.4, -0.2) is 16.6 Å². The van der Waals surface area contributed by atoms with Crippen molar-refractivity contribution in [3.63, 3.8) is 0 Å². The minimum absolute atomic E-state index is 0.0592. The van der Waals surface area contributed by atoms with Gasteiger partial charge in [0.2, 0.25) is 5.78 Å². The monoisotopic (exact) mass is 299 g/mol. The van der Waals surface area contributed by atoms with Crippen LogP contribution in [0.3, 0.4) is 0 Å². The molecule has 0 aliphatic carbocycles. The summed E-state index contributed by atoms with van der Waals surface area (Å²) in [5.41, 5.74) is 3.35. The number of carbonyl (C=O) groups excluding carboxylic acids is 1. The Labute approximate surface area is 126 Å². The molecule has 0 bridgehead atoms. The second-order valence-corrected chi connectivity index (χ2v) is 4.30. The summed E-state index contributed by atoms with van der Waals surface area (Å²) in [6.07, 6.45) is 0. The van der Waals surface area contributed by atoms with Gasteiger partial charge in [0.1, 0.15) is 5.75 Å². The van der Waals surface area contributed by atoms with Gasteiger partial charge in [-0.1, -0.05) is 18.2 Å². The van der Waals surface area contributed by atoms with Gasteiger partial charge in [-0.3, -0.25) is 20.3 Å². The Morgan fingerprint density at radius 2 is 1.77 bits per heavy atom. The van der Waals surface area contributed by atoms with Crippen molar-refractivity contribution < 1.29 is 14.5 Å². The molecule has 0 saturated heterocycles. The topological polar surface area (TPSA) is 93.8 Å². The molecular weight excluding hydrogens is 286 g/mol. The van der Waals surface area contributed by atoms with Crippen molar-refractivity contribution in [3.05, 3.63) is 64.7 Å². The number of nitro groups is 1. The fraction of sp³-hybridized carbons (Fsp3) is 0.0667. The number of rotatable bonds is 5. The number of non-ortho nitro benzene ring substituents is 1. The van der Waals surface area contributed by atoms with Crippen molar-refractivity contribution in [1.82, 2.24) is 0 Å². The molecule has 0 heterocycles. The van der Waals surface area contributed by atoms with Gasteiger partial charge in [-0.2, -0.15) is 0 Å². The van der Waals surface area contributed by atoms with Crippen LogP contribution in [0, 0.1) is 10.1 Å².